The van der Waals surface area contributed by atoms with E-state index in [1.807, 2.05) is 0 Å². The molecule has 6 nitrogen and oxygen atoms in total. The third kappa shape index (κ3) is 6.32. The van der Waals surface area contributed by atoms with Crippen LogP contribution in [-0.2, 0) is 10.3 Å². The second-order valence-corrected chi connectivity index (χ2v) is 3.18. The Balaban J connectivity index is 0. The van der Waals surface area contributed by atoms with Crippen molar-refractivity contribution in [1.82, 2.24) is 4.31 Å². The summed E-state index contributed by atoms with van der Waals surface area (Å²) in [6, 6.07) is 0. The molecule has 0 saturated heterocycles. The van der Waals surface area contributed by atoms with Crippen LogP contribution in [0.1, 0.15) is 0 Å². The van der Waals surface area contributed by atoms with Gasteiger partial charge in [0, 0.05) is 13.1 Å². The maximum absolute atomic E-state index is 10.3. The molecule has 0 radical (unpaired) electrons. The minimum Gasteiger partial charge on any atom is -0.735 e. The van der Waals surface area contributed by atoms with E-state index in [9.17, 15) is 13.0 Å². The van der Waals surface area contributed by atoms with Gasteiger partial charge < -0.3 is 14.8 Å². The molecule has 0 aliphatic heterocycles. The molecule has 0 aromatic carbocycles. The largest absolute Gasteiger partial charge is 1.00 e. The molecule has 0 heterocycles. The van der Waals surface area contributed by atoms with Gasteiger partial charge in [-0.2, -0.15) is 0 Å². The molecule has 0 unspecified atom stereocenters. The van der Waals surface area contributed by atoms with Gasteiger partial charge in [0.05, 0.1) is 13.2 Å². The van der Waals surface area contributed by atoms with Gasteiger partial charge in [-0.3, -0.25) is 0 Å². The molecule has 0 fully saturated rings. The fourth-order valence-electron chi connectivity index (χ4n) is 0.558. The van der Waals surface area contributed by atoms with Crippen LogP contribution in [0.3, 0.4) is 0 Å². The molecular formula is C4H10NNaO5S. The first kappa shape index (κ1) is 15.3. The number of hydrogen-bond donors (Lipinski definition) is 2. The molecule has 0 aliphatic rings. The second-order valence-electron chi connectivity index (χ2n) is 1.80. The molecule has 0 aliphatic carbocycles. The van der Waals surface area contributed by atoms with Crippen molar-refractivity contribution in [1.29, 1.82) is 0 Å². The van der Waals surface area contributed by atoms with Crippen molar-refractivity contribution < 1.29 is 52.7 Å². The predicted molar refractivity (Wildman–Crippen MR) is 35.4 cm³/mol. The van der Waals surface area contributed by atoms with Gasteiger partial charge in [0.2, 0.25) is 0 Å². The number of nitrogens with zero attached hydrogens (tertiary/aromatic N) is 1. The van der Waals surface area contributed by atoms with Crippen LogP contribution >= 0.6 is 0 Å². The Kier molecular flexibility index (Phi) is 9.19. The molecule has 12 heavy (non-hydrogen) atoms. The van der Waals surface area contributed by atoms with Gasteiger partial charge >= 0.3 is 29.6 Å². The van der Waals surface area contributed by atoms with Crippen LogP contribution in [0.4, 0.5) is 0 Å². The van der Waals surface area contributed by atoms with E-state index in [4.69, 9.17) is 10.2 Å². The molecule has 0 bridgehead atoms. The van der Waals surface area contributed by atoms with Crippen molar-refractivity contribution in [2.24, 2.45) is 0 Å². The van der Waals surface area contributed by atoms with Crippen LogP contribution in [0.15, 0.2) is 0 Å². The Hall–Kier alpha value is 0.790. The van der Waals surface area contributed by atoms with Crippen LogP contribution in [0, 0.1) is 0 Å². The van der Waals surface area contributed by atoms with E-state index < -0.39 is 23.5 Å². The van der Waals surface area contributed by atoms with Gasteiger partial charge in [-0.25, -0.2) is 12.7 Å². The van der Waals surface area contributed by atoms with Crippen LogP contribution < -0.4 is 29.6 Å². The molecule has 0 saturated carbocycles. The van der Waals surface area contributed by atoms with E-state index in [2.05, 4.69) is 0 Å². The third-order valence-electron chi connectivity index (χ3n) is 1.02. The van der Waals surface area contributed by atoms with Crippen molar-refractivity contribution in [3.8, 4) is 0 Å². The smallest absolute Gasteiger partial charge is 0.735 e. The summed E-state index contributed by atoms with van der Waals surface area (Å²) in [7, 11) is -4.53. The van der Waals surface area contributed by atoms with Crippen molar-refractivity contribution >= 4 is 10.3 Å². The normalized spacial score (nSPS) is 11.3. The minimum atomic E-state index is -4.53. The number of aliphatic hydroxyl groups excluding tert-OH is 2. The first-order valence-electron chi connectivity index (χ1n) is 2.95. The SMILES string of the molecule is O=S(=O)([O-])N(CCO)CCO.[Na+]. The molecular weight excluding hydrogens is 197 g/mol. The van der Waals surface area contributed by atoms with Crippen molar-refractivity contribution in [3.63, 3.8) is 0 Å². The van der Waals surface area contributed by atoms with E-state index in [-0.39, 0.29) is 42.6 Å². The first-order chi connectivity index (χ1) is 5.02. The van der Waals surface area contributed by atoms with Crippen molar-refractivity contribution in [2.45, 2.75) is 0 Å². The number of rotatable bonds is 5. The predicted octanol–water partition coefficient (Wildman–Crippen LogP) is -5.26. The maximum Gasteiger partial charge on any atom is 1.00 e. The van der Waals surface area contributed by atoms with Gasteiger partial charge in [-0.1, -0.05) is 0 Å². The van der Waals surface area contributed by atoms with Crippen LogP contribution in [0.5, 0.6) is 0 Å². The zero-order valence-corrected chi connectivity index (χ0v) is 9.62. The van der Waals surface area contributed by atoms with Crippen LogP contribution in [0.2, 0.25) is 0 Å². The van der Waals surface area contributed by atoms with Gasteiger partial charge in [-0.15, -0.1) is 0 Å². The number of aliphatic hydroxyl groups is 2. The Morgan fingerprint density at radius 3 is 1.67 bits per heavy atom. The van der Waals surface area contributed by atoms with Gasteiger partial charge in [0.25, 0.3) is 0 Å². The summed E-state index contributed by atoms with van der Waals surface area (Å²) < 4.78 is 31.2. The Morgan fingerprint density at radius 1 is 1.17 bits per heavy atom. The summed E-state index contributed by atoms with van der Waals surface area (Å²) in [5, 5.41) is 16.6. The minimum absolute atomic E-state index is 0. The van der Waals surface area contributed by atoms with Crippen molar-refractivity contribution in [2.75, 3.05) is 26.3 Å². The molecule has 2 N–H and O–H groups in total. The van der Waals surface area contributed by atoms with Gasteiger partial charge in [-0.05, 0) is 0 Å². The zero-order chi connectivity index (χ0) is 8.91. The summed E-state index contributed by atoms with van der Waals surface area (Å²) in [4.78, 5) is 0. The average molecular weight is 207 g/mol. The molecule has 0 rings (SSSR count). The summed E-state index contributed by atoms with van der Waals surface area (Å²) in [5.41, 5.74) is 0. The molecule has 0 aromatic rings. The van der Waals surface area contributed by atoms with E-state index in [1.54, 1.807) is 0 Å². The summed E-state index contributed by atoms with van der Waals surface area (Å²) in [5.74, 6) is 0. The van der Waals surface area contributed by atoms with E-state index >= 15 is 0 Å². The number of hydrogen-bond acceptors (Lipinski definition) is 5. The molecule has 0 aromatic heterocycles. The van der Waals surface area contributed by atoms with Crippen molar-refractivity contribution in [3.05, 3.63) is 0 Å². The second kappa shape index (κ2) is 7.22. The Morgan fingerprint density at radius 2 is 1.50 bits per heavy atom. The van der Waals surface area contributed by atoms with E-state index in [0.29, 0.717) is 4.31 Å². The third-order valence-corrected chi connectivity index (χ3v) is 2.01. The maximum atomic E-state index is 10.3. The summed E-state index contributed by atoms with van der Waals surface area (Å²) in [6.45, 7) is -1.40. The molecule has 68 valence electrons. The van der Waals surface area contributed by atoms with E-state index in [1.165, 1.54) is 0 Å². The summed E-state index contributed by atoms with van der Waals surface area (Å²) >= 11 is 0. The molecule has 0 atom stereocenters. The first-order valence-corrected chi connectivity index (χ1v) is 4.31. The van der Waals surface area contributed by atoms with E-state index in [0.717, 1.165) is 0 Å². The quantitative estimate of drug-likeness (QED) is 0.346. The standard InChI is InChI=1S/C4H11NO5S.Na/c6-3-1-5(2-4-7)11(8,9)10;/h6-7H,1-4H2,(H,8,9,10);/q;+1/p-1. The van der Waals surface area contributed by atoms with Gasteiger partial charge in [0.1, 0.15) is 0 Å². The molecule has 0 spiro atoms. The van der Waals surface area contributed by atoms with Crippen LogP contribution in [0.25, 0.3) is 0 Å². The molecule has 8 heteroatoms. The molecule has 0 amide bonds. The fourth-order valence-corrected chi connectivity index (χ4v) is 1.17. The summed E-state index contributed by atoms with van der Waals surface area (Å²) in [6.07, 6.45) is 0. The Bertz CT molecular complexity index is 188. The van der Waals surface area contributed by atoms with Gasteiger partial charge in [0.15, 0.2) is 10.3 Å². The monoisotopic (exact) mass is 207 g/mol. The average Bonchev–Trinajstić information content (AvgIpc) is 1.85. The van der Waals surface area contributed by atoms with Crippen LogP contribution in [-0.4, -0.2) is 53.8 Å². The topological polar surface area (TPSA) is 101 Å². The fraction of sp³-hybridized carbons (Fsp3) is 1.00. The zero-order valence-electron chi connectivity index (χ0n) is 6.80. The Labute approximate surface area is 93.4 Å².